The summed E-state index contributed by atoms with van der Waals surface area (Å²) in [7, 11) is 0. The molecule has 1 atom stereocenters. The van der Waals surface area contributed by atoms with Gasteiger partial charge in [-0.1, -0.05) is 30.3 Å². The van der Waals surface area contributed by atoms with Crippen LogP contribution in [0.25, 0.3) is 0 Å². The predicted octanol–water partition coefficient (Wildman–Crippen LogP) is 0.833. The van der Waals surface area contributed by atoms with Crippen molar-refractivity contribution in [3.8, 4) is 0 Å². The molecule has 0 bridgehead atoms. The van der Waals surface area contributed by atoms with E-state index in [1.165, 1.54) is 4.68 Å². The number of carbonyl (C=O) groups is 1. The van der Waals surface area contributed by atoms with Crippen molar-refractivity contribution in [1.29, 1.82) is 0 Å². The summed E-state index contributed by atoms with van der Waals surface area (Å²) in [4.78, 5) is 17.2. The number of benzene rings is 1. The Bertz CT molecular complexity index is 555. The van der Waals surface area contributed by atoms with Crippen molar-refractivity contribution >= 4 is 5.91 Å². The molecule has 7 heteroatoms. The third kappa shape index (κ3) is 3.39. The number of aromatic nitrogens is 4. The predicted molar refractivity (Wildman–Crippen MR) is 71.5 cm³/mol. The lowest BCUT2D eigenvalue weighted by Gasteiger charge is -2.17. The van der Waals surface area contributed by atoms with Crippen LogP contribution in [-0.2, 0) is 16.1 Å². The van der Waals surface area contributed by atoms with Gasteiger partial charge in [0.25, 0.3) is 5.91 Å². The van der Waals surface area contributed by atoms with E-state index in [0.29, 0.717) is 18.9 Å². The van der Waals surface area contributed by atoms with E-state index in [-0.39, 0.29) is 5.91 Å². The SMILES string of the molecule is CCONC(=O)C(Cc1ccccc1)n1nnnc1C. The van der Waals surface area contributed by atoms with Gasteiger partial charge >= 0.3 is 0 Å². The maximum absolute atomic E-state index is 12.2. The summed E-state index contributed by atoms with van der Waals surface area (Å²) < 4.78 is 1.50. The third-order valence-electron chi connectivity index (χ3n) is 2.84. The lowest BCUT2D eigenvalue weighted by atomic mass is 10.1. The monoisotopic (exact) mass is 275 g/mol. The fourth-order valence-corrected chi connectivity index (χ4v) is 1.87. The zero-order valence-corrected chi connectivity index (χ0v) is 11.5. The van der Waals surface area contributed by atoms with Crippen LogP contribution in [0.1, 0.15) is 24.4 Å². The van der Waals surface area contributed by atoms with Crippen molar-refractivity contribution in [2.75, 3.05) is 6.61 Å². The van der Waals surface area contributed by atoms with E-state index in [9.17, 15) is 4.79 Å². The highest BCUT2D eigenvalue weighted by Crippen LogP contribution is 2.14. The molecule has 0 fully saturated rings. The molecule has 1 unspecified atom stereocenters. The summed E-state index contributed by atoms with van der Waals surface area (Å²) in [5, 5.41) is 11.3. The van der Waals surface area contributed by atoms with Gasteiger partial charge in [0.05, 0.1) is 6.61 Å². The lowest BCUT2D eigenvalue weighted by molar-refractivity contribution is -0.137. The van der Waals surface area contributed by atoms with Crippen LogP contribution in [0.2, 0.25) is 0 Å². The summed E-state index contributed by atoms with van der Waals surface area (Å²) in [6, 6.07) is 9.17. The first-order chi connectivity index (χ1) is 9.72. The molecular formula is C13H17N5O2. The van der Waals surface area contributed by atoms with Crippen molar-refractivity contribution in [2.24, 2.45) is 0 Å². The molecule has 106 valence electrons. The Labute approximate surface area is 116 Å². The third-order valence-corrected chi connectivity index (χ3v) is 2.84. The van der Waals surface area contributed by atoms with Crippen molar-refractivity contribution < 1.29 is 9.63 Å². The average Bonchev–Trinajstić information content (AvgIpc) is 2.89. The van der Waals surface area contributed by atoms with Crippen molar-refractivity contribution in [3.05, 3.63) is 41.7 Å². The van der Waals surface area contributed by atoms with Crippen molar-refractivity contribution in [3.63, 3.8) is 0 Å². The summed E-state index contributed by atoms with van der Waals surface area (Å²) in [5.74, 6) is 0.309. The standard InChI is InChI=1S/C13H17N5O2/c1-3-20-15-13(19)12(18-10(2)14-16-17-18)9-11-7-5-4-6-8-11/h4-8,12H,3,9H2,1-2H3,(H,15,19). The molecule has 0 spiro atoms. The highest BCUT2D eigenvalue weighted by molar-refractivity contribution is 5.79. The number of hydrogen-bond acceptors (Lipinski definition) is 5. The minimum Gasteiger partial charge on any atom is -0.274 e. The van der Waals surface area contributed by atoms with Crippen LogP contribution in [0.5, 0.6) is 0 Å². The molecule has 1 amide bonds. The number of tetrazole rings is 1. The van der Waals surface area contributed by atoms with E-state index in [1.807, 2.05) is 30.3 Å². The van der Waals surface area contributed by atoms with Crippen LogP contribution in [0.15, 0.2) is 30.3 Å². The van der Waals surface area contributed by atoms with Gasteiger partial charge in [-0.05, 0) is 29.8 Å². The van der Waals surface area contributed by atoms with Gasteiger partial charge in [-0.2, -0.15) is 0 Å². The van der Waals surface area contributed by atoms with Crippen LogP contribution in [0, 0.1) is 6.92 Å². The minimum absolute atomic E-state index is 0.272. The number of hydrogen-bond donors (Lipinski definition) is 1. The van der Waals surface area contributed by atoms with Gasteiger partial charge in [0, 0.05) is 6.42 Å². The minimum atomic E-state index is -0.543. The van der Waals surface area contributed by atoms with E-state index < -0.39 is 6.04 Å². The average molecular weight is 275 g/mol. The first kappa shape index (κ1) is 14.1. The molecule has 0 saturated heterocycles. The fraction of sp³-hybridized carbons (Fsp3) is 0.385. The molecule has 0 aliphatic heterocycles. The molecule has 0 saturated carbocycles. The number of nitrogens with zero attached hydrogens (tertiary/aromatic N) is 4. The number of carbonyl (C=O) groups excluding carboxylic acids is 1. The summed E-state index contributed by atoms with van der Waals surface area (Å²) in [6.07, 6.45) is 0.492. The molecule has 20 heavy (non-hydrogen) atoms. The van der Waals surface area contributed by atoms with Crippen LogP contribution in [-0.4, -0.2) is 32.7 Å². The van der Waals surface area contributed by atoms with Gasteiger partial charge in [-0.25, -0.2) is 10.2 Å². The molecule has 2 aromatic rings. The van der Waals surface area contributed by atoms with E-state index in [1.54, 1.807) is 13.8 Å². The second-order valence-electron chi connectivity index (χ2n) is 4.28. The summed E-state index contributed by atoms with van der Waals surface area (Å²) in [6.45, 7) is 3.96. The van der Waals surface area contributed by atoms with Gasteiger partial charge in [-0.15, -0.1) is 5.10 Å². The first-order valence-corrected chi connectivity index (χ1v) is 6.42. The molecule has 1 N–H and O–H groups in total. The topological polar surface area (TPSA) is 81.9 Å². The van der Waals surface area contributed by atoms with Crippen LogP contribution in [0.3, 0.4) is 0 Å². The van der Waals surface area contributed by atoms with Gasteiger partial charge in [0.15, 0.2) is 0 Å². The Hall–Kier alpha value is -2.28. The molecule has 2 rings (SSSR count). The van der Waals surface area contributed by atoms with E-state index >= 15 is 0 Å². The number of aryl methyl sites for hydroxylation is 1. The van der Waals surface area contributed by atoms with E-state index in [4.69, 9.17) is 4.84 Å². The zero-order valence-electron chi connectivity index (χ0n) is 11.5. The van der Waals surface area contributed by atoms with E-state index in [0.717, 1.165) is 5.56 Å². The quantitative estimate of drug-likeness (QED) is 0.790. The maximum Gasteiger partial charge on any atom is 0.268 e. The van der Waals surface area contributed by atoms with Crippen LogP contribution < -0.4 is 5.48 Å². The molecule has 1 aromatic heterocycles. The smallest absolute Gasteiger partial charge is 0.268 e. The zero-order chi connectivity index (χ0) is 14.4. The molecule has 0 radical (unpaired) electrons. The number of rotatable bonds is 6. The molecule has 1 aromatic carbocycles. The summed E-state index contributed by atoms with van der Waals surface area (Å²) >= 11 is 0. The molecular weight excluding hydrogens is 258 g/mol. The van der Waals surface area contributed by atoms with Crippen molar-refractivity contribution in [1.82, 2.24) is 25.7 Å². The first-order valence-electron chi connectivity index (χ1n) is 6.42. The highest BCUT2D eigenvalue weighted by Gasteiger charge is 2.24. The number of nitrogens with one attached hydrogen (secondary N) is 1. The Morgan fingerprint density at radius 1 is 1.40 bits per heavy atom. The summed E-state index contributed by atoms with van der Waals surface area (Å²) in [5.41, 5.74) is 3.44. The molecule has 1 heterocycles. The second kappa shape index (κ2) is 6.76. The Morgan fingerprint density at radius 3 is 2.75 bits per heavy atom. The normalized spacial score (nSPS) is 12.1. The largest absolute Gasteiger partial charge is 0.274 e. The van der Waals surface area contributed by atoms with Gasteiger partial charge in [0.2, 0.25) is 0 Å². The van der Waals surface area contributed by atoms with E-state index in [2.05, 4.69) is 21.0 Å². The second-order valence-corrected chi connectivity index (χ2v) is 4.28. The highest BCUT2D eigenvalue weighted by atomic mass is 16.6. The molecule has 7 nitrogen and oxygen atoms in total. The Morgan fingerprint density at radius 2 is 2.15 bits per heavy atom. The maximum atomic E-state index is 12.2. The number of hydroxylamine groups is 1. The number of amides is 1. The van der Waals surface area contributed by atoms with Crippen LogP contribution >= 0.6 is 0 Å². The van der Waals surface area contributed by atoms with Gasteiger partial charge in [0.1, 0.15) is 11.9 Å². The van der Waals surface area contributed by atoms with Crippen molar-refractivity contribution in [2.45, 2.75) is 26.3 Å². The Kier molecular flexibility index (Phi) is 4.78. The lowest BCUT2D eigenvalue weighted by Crippen LogP contribution is -2.35. The van der Waals surface area contributed by atoms with Gasteiger partial charge < -0.3 is 0 Å². The van der Waals surface area contributed by atoms with Crippen LogP contribution in [0.4, 0.5) is 0 Å². The van der Waals surface area contributed by atoms with Gasteiger partial charge in [-0.3, -0.25) is 9.63 Å². The molecule has 0 aliphatic rings. The molecule has 0 aliphatic carbocycles. The fourth-order valence-electron chi connectivity index (χ4n) is 1.87. The Balaban J connectivity index is 2.20.